The van der Waals surface area contributed by atoms with E-state index in [1.54, 1.807) is 51.1 Å². The number of ether oxygens (including phenoxy) is 1. The van der Waals surface area contributed by atoms with Gasteiger partial charge in [-0.25, -0.2) is 9.69 Å². The summed E-state index contributed by atoms with van der Waals surface area (Å²) in [6.45, 7) is 5.21. The fraction of sp³-hybridized carbons (Fsp3) is 0.312. The van der Waals surface area contributed by atoms with Crippen LogP contribution in [-0.4, -0.2) is 23.4 Å². The molecule has 110 valence electrons. The highest BCUT2D eigenvalue weighted by atomic mass is 16.6. The number of nitrogens with zero attached hydrogens (tertiary/aromatic N) is 1. The number of carbonyl (C=O) groups is 3. The SMILES string of the molecule is CC(C)(C)OC(=O)/C=C1/CC(=O)N(c2ccccc2)C1=O. The molecule has 1 heterocycles. The molecule has 0 radical (unpaired) electrons. The van der Waals surface area contributed by atoms with Crippen molar-refractivity contribution in [1.82, 2.24) is 0 Å². The average molecular weight is 287 g/mol. The molecule has 5 nitrogen and oxygen atoms in total. The Morgan fingerprint density at radius 1 is 1.19 bits per heavy atom. The molecule has 0 aliphatic carbocycles. The molecule has 1 aromatic carbocycles. The molecule has 0 atom stereocenters. The first kappa shape index (κ1) is 15.0. The van der Waals surface area contributed by atoms with Gasteiger partial charge in [0, 0.05) is 11.6 Å². The van der Waals surface area contributed by atoms with E-state index in [0.717, 1.165) is 11.0 Å². The third-order valence-electron chi connectivity index (χ3n) is 2.78. The normalized spacial score (nSPS) is 17.5. The second-order valence-corrected chi connectivity index (χ2v) is 5.75. The first-order valence-corrected chi connectivity index (χ1v) is 6.64. The fourth-order valence-corrected chi connectivity index (χ4v) is 2.00. The lowest BCUT2D eigenvalue weighted by atomic mass is 10.2. The summed E-state index contributed by atoms with van der Waals surface area (Å²) in [4.78, 5) is 37.0. The summed E-state index contributed by atoms with van der Waals surface area (Å²) < 4.78 is 5.13. The lowest BCUT2D eigenvalue weighted by Crippen LogP contribution is -2.29. The van der Waals surface area contributed by atoms with Gasteiger partial charge in [0.2, 0.25) is 5.91 Å². The molecule has 1 aromatic rings. The summed E-state index contributed by atoms with van der Waals surface area (Å²) in [6.07, 6.45) is 1.02. The number of hydrogen-bond donors (Lipinski definition) is 0. The number of anilines is 1. The average Bonchev–Trinajstić information content (AvgIpc) is 2.63. The highest BCUT2D eigenvalue weighted by Gasteiger charge is 2.35. The number of rotatable bonds is 2. The largest absolute Gasteiger partial charge is 0.457 e. The van der Waals surface area contributed by atoms with E-state index in [4.69, 9.17) is 4.74 Å². The monoisotopic (exact) mass is 287 g/mol. The van der Waals surface area contributed by atoms with Gasteiger partial charge in [0.1, 0.15) is 5.60 Å². The highest BCUT2D eigenvalue weighted by molar-refractivity contribution is 6.29. The number of benzene rings is 1. The van der Waals surface area contributed by atoms with Crippen LogP contribution in [0, 0.1) is 0 Å². The first-order chi connectivity index (χ1) is 9.78. The molecule has 1 aliphatic heterocycles. The van der Waals surface area contributed by atoms with Crippen molar-refractivity contribution in [2.45, 2.75) is 32.8 Å². The zero-order valence-corrected chi connectivity index (χ0v) is 12.3. The molecular formula is C16H17NO4. The van der Waals surface area contributed by atoms with Gasteiger partial charge in [0.05, 0.1) is 12.1 Å². The van der Waals surface area contributed by atoms with Crippen LogP contribution in [-0.2, 0) is 19.1 Å². The van der Waals surface area contributed by atoms with E-state index in [2.05, 4.69) is 0 Å². The van der Waals surface area contributed by atoms with E-state index >= 15 is 0 Å². The predicted molar refractivity (Wildman–Crippen MR) is 77.5 cm³/mol. The molecule has 0 N–H and O–H groups in total. The van der Waals surface area contributed by atoms with Gasteiger partial charge in [-0.15, -0.1) is 0 Å². The topological polar surface area (TPSA) is 63.7 Å². The van der Waals surface area contributed by atoms with E-state index in [1.807, 2.05) is 0 Å². The molecule has 5 heteroatoms. The molecule has 1 aliphatic rings. The van der Waals surface area contributed by atoms with Gasteiger partial charge in [-0.3, -0.25) is 9.59 Å². The predicted octanol–water partition coefficient (Wildman–Crippen LogP) is 2.22. The fourth-order valence-electron chi connectivity index (χ4n) is 2.00. The van der Waals surface area contributed by atoms with Gasteiger partial charge >= 0.3 is 5.97 Å². The van der Waals surface area contributed by atoms with Gasteiger partial charge < -0.3 is 4.74 Å². The number of hydrogen-bond acceptors (Lipinski definition) is 4. The van der Waals surface area contributed by atoms with Crippen molar-refractivity contribution < 1.29 is 19.1 Å². The van der Waals surface area contributed by atoms with Crippen LogP contribution in [0.15, 0.2) is 42.0 Å². The molecular weight excluding hydrogens is 270 g/mol. The van der Waals surface area contributed by atoms with E-state index in [1.165, 1.54) is 0 Å². The van der Waals surface area contributed by atoms with Crippen LogP contribution in [0.2, 0.25) is 0 Å². The maximum atomic E-state index is 12.2. The maximum absolute atomic E-state index is 12.2. The van der Waals surface area contributed by atoms with Crippen molar-refractivity contribution >= 4 is 23.5 Å². The van der Waals surface area contributed by atoms with Gasteiger partial charge in [-0.05, 0) is 32.9 Å². The number of para-hydroxylation sites is 1. The van der Waals surface area contributed by atoms with Gasteiger partial charge in [0.25, 0.3) is 5.91 Å². The van der Waals surface area contributed by atoms with Crippen molar-refractivity contribution in [3.05, 3.63) is 42.0 Å². The second kappa shape index (κ2) is 5.52. The van der Waals surface area contributed by atoms with Crippen LogP contribution in [0.25, 0.3) is 0 Å². The summed E-state index contributed by atoms with van der Waals surface area (Å²) in [5.74, 6) is -1.44. The Hall–Kier alpha value is -2.43. The zero-order chi connectivity index (χ0) is 15.6. The van der Waals surface area contributed by atoms with E-state index in [9.17, 15) is 14.4 Å². The molecule has 2 amide bonds. The zero-order valence-electron chi connectivity index (χ0n) is 12.3. The van der Waals surface area contributed by atoms with Crippen LogP contribution >= 0.6 is 0 Å². The molecule has 0 saturated carbocycles. The van der Waals surface area contributed by atoms with Gasteiger partial charge in [0.15, 0.2) is 0 Å². The molecule has 1 saturated heterocycles. The van der Waals surface area contributed by atoms with E-state index in [-0.39, 0.29) is 17.9 Å². The Balaban J connectivity index is 2.21. The standard InChI is InChI=1S/C16H17NO4/c1-16(2,3)21-14(19)10-11-9-13(18)17(15(11)20)12-7-5-4-6-8-12/h4-8,10H,9H2,1-3H3/b11-10-. The minimum atomic E-state index is -0.640. The van der Waals surface area contributed by atoms with Gasteiger partial charge in [-0.2, -0.15) is 0 Å². The van der Waals surface area contributed by atoms with Crippen molar-refractivity contribution in [2.24, 2.45) is 0 Å². The van der Waals surface area contributed by atoms with Crippen molar-refractivity contribution in [3.8, 4) is 0 Å². The first-order valence-electron chi connectivity index (χ1n) is 6.64. The minimum Gasteiger partial charge on any atom is -0.457 e. The van der Waals surface area contributed by atoms with Crippen molar-refractivity contribution in [1.29, 1.82) is 0 Å². The molecule has 0 bridgehead atoms. The lowest BCUT2D eigenvalue weighted by molar-refractivity contribution is -0.148. The third-order valence-corrected chi connectivity index (χ3v) is 2.78. The quantitative estimate of drug-likeness (QED) is 0.475. The van der Waals surface area contributed by atoms with Crippen molar-refractivity contribution in [2.75, 3.05) is 4.90 Å². The molecule has 0 aromatic heterocycles. The highest BCUT2D eigenvalue weighted by Crippen LogP contribution is 2.25. The number of esters is 1. The van der Waals surface area contributed by atoms with Gasteiger partial charge in [-0.1, -0.05) is 18.2 Å². The van der Waals surface area contributed by atoms with Crippen LogP contribution in [0.5, 0.6) is 0 Å². The number of imide groups is 1. The minimum absolute atomic E-state index is 0.0903. The Morgan fingerprint density at radius 2 is 1.81 bits per heavy atom. The summed E-state index contributed by atoms with van der Waals surface area (Å²) in [5.41, 5.74) is 0.0111. The van der Waals surface area contributed by atoms with Crippen molar-refractivity contribution in [3.63, 3.8) is 0 Å². The molecule has 21 heavy (non-hydrogen) atoms. The maximum Gasteiger partial charge on any atom is 0.331 e. The summed E-state index contributed by atoms with van der Waals surface area (Å²) in [5, 5.41) is 0. The summed E-state index contributed by atoms with van der Waals surface area (Å²) in [7, 11) is 0. The van der Waals surface area contributed by atoms with Crippen LogP contribution in [0.3, 0.4) is 0 Å². The Bertz CT molecular complexity index is 611. The third kappa shape index (κ3) is 3.56. The Labute approximate surface area is 123 Å². The summed E-state index contributed by atoms with van der Waals surface area (Å²) >= 11 is 0. The van der Waals surface area contributed by atoms with E-state index < -0.39 is 17.5 Å². The van der Waals surface area contributed by atoms with Crippen LogP contribution in [0.1, 0.15) is 27.2 Å². The van der Waals surface area contributed by atoms with Crippen LogP contribution < -0.4 is 4.90 Å². The molecule has 0 spiro atoms. The molecule has 0 unspecified atom stereocenters. The van der Waals surface area contributed by atoms with E-state index in [0.29, 0.717) is 5.69 Å². The molecule has 1 fully saturated rings. The summed E-state index contributed by atoms with van der Waals surface area (Å²) in [6, 6.07) is 8.63. The molecule has 2 rings (SSSR count). The second-order valence-electron chi connectivity index (χ2n) is 5.75. The Morgan fingerprint density at radius 3 is 2.38 bits per heavy atom. The smallest absolute Gasteiger partial charge is 0.331 e. The lowest BCUT2D eigenvalue weighted by Gasteiger charge is -2.18. The number of amides is 2. The van der Waals surface area contributed by atoms with Crippen LogP contribution in [0.4, 0.5) is 5.69 Å². The number of carbonyl (C=O) groups excluding carboxylic acids is 3. The Kier molecular flexibility index (Phi) is 3.93.